The Balaban J connectivity index is 2.51. The topological polar surface area (TPSA) is 20.2 Å². The van der Waals surface area contributed by atoms with Crippen molar-refractivity contribution in [3.63, 3.8) is 0 Å². The number of hydrogen-bond acceptors (Lipinski definition) is 1. The average molecular weight is 208 g/mol. The molecule has 0 aromatic carbocycles. The van der Waals surface area contributed by atoms with Gasteiger partial charge in [-0.05, 0) is 37.5 Å². The molecule has 0 fully saturated rings. The van der Waals surface area contributed by atoms with Crippen LogP contribution in [0, 0.1) is 17.8 Å². The summed E-state index contributed by atoms with van der Waals surface area (Å²) >= 11 is 0. The number of rotatable bonds is 5. The lowest BCUT2D eigenvalue weighted by Crippen LogP contribution is -2.29. The van der Waals surface area contributed by atoms with Gasteiger partial charge in [0.05, 0.1) is 6.10 Å². The summed E-state index contributed by atoms with van der Waals surface area (Å²) in [6.45, 7) is 8.25. The number of aliphatic hydroxyl groups excluding tert-OH is 1. The number of allylic oxidation sites excluding steroid dienone is 2. The van der Waals surface area contributed by atoms with Gasteiger partial charge in [-0.1, -0.05) is 32.1 Å². The van der Waals surface area contributed by atoms with E-state index in [-0.39, 0.29) is 12.0 Å². The SMILES string of the molecule is C=C[C@H](CC(C)C)[C@H](O)C1CC=CCC1. The molecule has 1 aliphatic rings. The predicted molar refractivity (Wildman–Crippen MR) is 65.6 cm³/mol. The maximum Gasteiger partial charge on any atom is 0.0633 e. The first-order chi connectivity index (χ1) is 7.15. The molecule has 0 aromatic rings. The van der Waals surface area contributed by atoms with Crippen molar-refractivity contribution < 1.29 is 5.11 Å². The van der Waals surface area contributed by atoms with Crippen LogP contribution in [0.4, 0.5) is 0 Å². The fraction of sp³-hybridized carbons (Fsp3) is 0.714. The molecule has 86 valence electrons. The van der Waals surface area contributed by atoms with Crippen LogP contribution >= 0.6 is 0 Å². The second-order valence-corrected chi connectivity index (χ2v) is 5.06. The molecule has 1 unspecified atom stereocenters. The van der Waals surface area contributed by atoms with Gasteiger partial charge in [-0.25, -0.2) is 0 Å². The van der Waals surface area contributed by atoms with E-state index in [1.165, 1.54) is 0 Å². The first-order valence-corrected chi connectivity index (χ1v) is 6.10. The molecule has 0 spiro atoms. The molecular weight excluding hydrogens is 184 g/mol. The van der Waals surface area contributed by atoms with Crippen molar-refractivity contribution in [2.75, 3.05) is 0 Å². The molecule has 15 heavy (non-hydrogen) atoms. The molecule has 1 aliphatic carbocycles. The van der Waals surface area contributed by atoms with E-state index in [1.54, 1.807) is 0 Å². The summed E-state index contributed by atoms with van der Waals surface area (Å²) < 4.78 is 0. The van der Waals surface area contributed by atoms with Gasteiger partial charge in [0, 0.05) is 5.92 Å². The van der Waals surface area contributed by atoms with E-state index in [4.69, 9.17) is 0 Å². The molecule has 0 aliphatic heterocycles. The highest BCUT2D eigenvalue weighted by molar-refractivity contribution is 4.96. The van der Waals surface area contributed by atoms with Crippen LogP contribution in [0.2, 0.25) is 0 Å². The van der Waals surface area contributed by atoms with Crippen molar-refractivity contribution >= 4 is 0 Å². The van der Waals surface area contributed by atoms with Gasteiger partial charge in [-0.3, -0.25) is 0 Å². The third-order valence-corrected chi connectivity index (χ3v) is 3.28. The van der Waals surface area contributed by atoms with Gasteiger partial charge < -0.3 is 5.11 Å². The van der Waals surface area contributed by atoms with Crippen LogP contribution in [0.3, 0.4) is 0 Å². The summed E-state index contributed by atoms with van der Waals surface area (Å²) in [7, 11) is 0. The van der Waals surface area contributed by atoms with Gasteiger partial charge >= 0.3 is 0 Å². The Morgan fingerprint density at radius 1 is 1.47 bits per heavy atom. The summed E-state index contributed by atoms with van der Waals surface area (Å²) in [5.74, 6) is 1.33. The molecule has 0 saturated carbocycles. The molecule has 1 N–H and O–H groups in total. The highest BCUT2D eigenvalue weighted by atomic mass is 16.3. The van der Waals surface area contributed by atoms with Gasteiger partial charge in [-0.2, -0.15) is 0 Å². The zero-order valence-corrected chi connectivity index (χ0v) is 10.0. The van der Waals surface area contributed by atoms with Crippen molar-refractivity contribution in [3.8, 4) is 0 Å². The van der Waals surface area contributed by atoms with Crippen LogP contribution in [0.25, 0.3) is 0 Å². The number of hydrogen-bond donors (Lipinski definition) is 1. The largest absolute Gasteiger partial charge is 0.392 e. The van der Waals surface area contributed by atoms with Crippen LogP contribution in [-0.2, 0) is 0 Å². The van der Waals surface area contributed by atoms with Crippen LogP contribution < -0.4 is 0 Å². The molecule has 0 radical (unpaired) electrons. The highest BCUT2D eigenvalue weighted by Gasteiger charge is 2.26. The smallest absolute Gasteiger partial charge is 0.0633 e. The molecular formula is C14H24O. The zero-order chi connectivity index (χ0) is 11.3. The first kappa shape index (κ1) is 12.5. The van der Waals surface area contributed by atoms with E-state index in [2.05, 4.69) is 32.6 Å². The van der Waals surface area contributed by atoms with Crippen molar-refractivity contribution in [2.24, 2.45) is 17.8 Å². The van der Waals surface area contributed by atoms with E-state index in [0.717, 1.165) is 25.7 Å². The van der Waals surface area contributed by atoms with Crippen molar-refractivity contribution in [1.29, 1.82) is 0 Å². The quantitative estimate of drug-likeness (QED) is 0.685. The second-order valence-electron chi connectivity index (χ2n) is 5.06. The monoisotopic (exact) mass is 208 g/mol. The van der Waals surface area contributed by atoms with Gasteiger partial charge in [0.15, 0.2) is 0 Å². The third kappa shape index (κ3) is 3.83. The van der Waals surface area contributed by atoms with E-state index in [0.29, 0.717) is 11.8 Å². The summed E-state index contributed by atoms with van der Waals surface area (Å²) in [6.07, 6.45) is 10.5. The minimum atomic E-state index is -0.199. The Morgan fingerprint density at radius 3 is 2.67 bits per heavy atom. The van der Waals surface area contributed by atoms with Gasteiger partial charge in [0.25, 0.3) is 0 Å². The van der Waals surface area contributed by atoms with Crippen molar-refractivity contribution in [3.05, 3.63) is 24.8 Å². The standard InChI is InChI=1S/C14H24O/c1-4-12(10-11(2)3)14(15)13-8-6-5-7-9-13/h4-6,11-15H,1,7-10H2,2-3H3/t12-,13?,14+/m1/s1. The lowest BCUT2D eigenvalue weighted by Gasteiger charge is -2.29. The lowest BCUT2D eigenvalue weighted by atomic mass is 9.80. The van der Waals surface area contributed by atoms with E-state index in [9.17, 15) is 5.11 Å². The maximum absolute atomic E-state index is 10.3. The fourth-order valence-corrected chi connectivity index (χ4v) is 2.40. The van der Waals surface area contributed by atoms with Gasteiger partial charge in [0.1, 0.15) is 0 Å². The van der Waals surface area contributed by atoms with Gasteiger partial charge in [-0.15, -0.1) is 6.58 Å². The van der Waals surface area contributed by atoms with Crippen LogP contribution in [0.5, 0.6) is 0 Å². The maximum atomic E-state index is 10.3. The lowest BCUT2D eigenvalue weighted by molar-refractivity contribution is 0.0562. The number of aliphatic hydroxyl groups is 1. The van der Waals surface area contributed by atoms with Crippen molar-refractivity contribution in [1.82, 2.24) is 0 Å². The summed E-state index contributed by atoms with van der Waals surface area (Å²) in [4.78, 5) is 0. The predicted octanol–water partition coefficient (Wildman–Crippen LogP) is 3.55. The minimum absolute atomic E-state index is 0.199. The Hall–Kier alpha value is -0.560. The molecule has 0 heterocycles. The molecule has 1 rings (SSSR count). The first-order valence-electron chi connectivity index (χ1n) is 6.10. The second kappa shape index (κ2) is 6.12. The fourth-order valence-electron chi connectivity index (χ4n) is 2.40. The molecule has 0 aromatic heterocycles. The van der Waals surface area contributed by atoms with E-state index < -0.39 is 0 Å². The van der Waals surface area contributed by atoms with E-state index in [1.807, 2.05) is 6.08 Å². The van der Waals surface area contributed by atoms with Crippen LogP contribution in [0.15, 0.2) is 24.8 Å². The normalized spacial score (nSPS) is 25.2. The molecule has 3 atom stereocenters. The minimum Gasteiger partial charge on any atom is -0.392 e. The summed E-state index contributed by atoms with van der Waals surface area (Å²) in [6, 6.07) is 0. The average Bonchev–Trinajstić information content (AvgIpc) is 2.26. The molecule has 1 heteroatoms. The Labute approximate surface area is 93.9 Å². The Bertz CT molecular complexity index is 217. The van der Waals surface area contributed by atoms with Crippen LogP contribution in [-0.4, -0.2) is 11.2 Å². The van der Waals surface area contributed by atoms with Gasteiger partial charge in [0.2, 0.25) is 0 Å². The molecule has 0 bridgehead atoms. The molecule has 1 nitrogen and oxygen atoms in total. The molecule has 0 amide bonds. The van der Waals surface area contributed by atoms with Crippen LogP contribution in [0.1, 0.15) is 39.5 Å². The molecule has 0 saturated heterocycles. The Morgan fingerprint density at radius 2 is 2.20 bits per heavy atom. The zero-order valence-electron chi connectivity index (χ0n) is 10.0. The summed E-state index contributed by atoms with van der Waals surface area (Å²) in [5, 5.41) is 10.3. The third-order valence-electron chi connectivity index (χ3n) is 3.28. The van der Waals surface area contributed by atoms with E-state index >= 15 is 0 Å². The highest BCUT2D eigenvalue weighted by Crippen LogP contribution is 2.29. The summed E-state index contributed by atoms with van der Waals surface area (Å²) in [5.41, 5.74) is 0. The van der Waals surface area contributed by atoms with Crippen molar-refractivity contribution in [2.45, 2.75) is 45.6 Å². The Kier molecular flexibility index (Phi) is 5.10.